The standard InChI is InChI=1S/C16H13F4N3O3/c1-9(12-3-2-4-13(17)22-12)23(14(24)15(25)26)8-11-6-5-10(7-21-11)16(18,19)20/h2-7,9H,8H2,1H3,(H,25,26). The third kappa shape index (κ3) is 4.52. The summed E-state index contributed by atoms with van der Waals surface area (Å²) in [4.78, 5) is 31.1. The first-order chi connectivity index (χ1) is 12.1. The number of halogens is 4. The Bertz CT molecular complexity index is 809. The minimum Gasteiger partial charge on any atom is -0.474 e. The Kier molecular flexibility index (Phi) is 5.53. The lowest BCUT2D eigenvalue weighted by molar-refractivity contribution is -0.157. The maximum Gasteiger partial charge on any atom is 0.417 e. The van der Waals surface area contributed by atoms with Gasteiger partial charge in [-0.3, -0.25) is 9.78 Å². The zero-order chi connectivity index (χ0) is 19.5. The number of aliphatic carboxylic acids is 1. The van der Waals surface area contributed by atoms with Crippen LogP contribution in [0.2, 0.25) is 0 Å². The lowest BCUT2D eigenvalue weighted by atomic mass is 10.1. The third-order valence-corrected chi connectivity index (χ3v) is 3.56. The van der Waals surface area contributed by atoms with Gasteiger partial charge >= 0.3 is 18.1 Å². The predicted molar refractivity (Wildman–Crippen MR) is 80.0 cm³/mol. The molecule has 1 atom stereocenters. The van der Waals surface area contributed by atoms with Crippen molar-refractivity contribution in [1.82, 2.24) is 14.9 Å². The Hall–Kier alpha value is -3.04. The van der Waals surface area contributed by atoms with Crippen LogP contribution in [0.4, 0.5) is 17.6 Å². The number of carbonyl (C=O) groups is 2. The molecule has 2 heterocycles. The third-order valence-electron chi connectivity index (χ3n) is 3.56. The summed E-state index contributed by atoms with van der Waals surface area (Å²) in [7, 11) is 0. The van der Waals surface area contributed by atoms with Gasteiger partial charge in [-0.2, -0.15) is 17.6 Å². The molecule has 1 N–H and O–H groups in total. The molecular weight excluding hydrogens is 358 g/mol. The Morgan fingerprint density at radius 1 is 1.23 bits per heavy atom. The Labute approximate surface area is 145 Å². The van der Waals surface area contributed by atoms with E-state index in [1.807, 2.05) is 0 Å². The molecule has 0 radical (unpaired) electrons. The van der Waals surface area contributed by atoms with Crippen molar-refractivity contribution < 1.29 is 32.3 Å². The number of hydrogen-bond acceptors (Lipinski definition) is 4. The van der Waals surface area contributed by atoms with Crippen LogP contribution in [0.25, 0.3) is 0 Å². The van der Waals surface area contributed by atoms with E-state index in [1.165, 1.54) is 19.1 Å². The fourth-order valence-corrected chi connectivity index (χ4v) is 2.18. The van der Waals surface area contributed by atoms with Gasteiger partial charge in [0.05, 0.1) is 29.5 Å². The van der Waals surface area contributed by atoms with Crippen LogP contribution in [-0.2, 0) is 22.3 Å². The van der Waals surface area contributed by atoms with Gasteiger partial charge in [-0.25, -0.2) is 9.78 Å². The molecule has 0 aromatic carbocycles. The Morgan fingerprint density at radius 3 is 2.42 bits per heavy atom. The van der Waals surface area contributed by atoms with Crippen LogP contribution in [0.3, 0.4) is 0 Å². The second-order valence-corrected chi connectivity index (χ2v) is 5.34. The number of amides is 1. The highest BCUT2D eigenvalue weighted by Crippen LogP contribution is 2.29. The van der Waals surface area contributed by atoms with Gasteiger partial charge in [-0.15, -0.1) is 0 Å². The molecule has 0 aliphatic carbocycles. The molecule has 2 rings (SSSR count). The second kappa shape index (κ2) is 7.46. The van der Waals surface area contributed by atoms with E-state index in [0.29, 0.717) is 6.20 Å². The zero-order valence-electron chi connectivity index (χ0n) is 13.4. The van der Waals surface area contributed by atoms with Gasteiger partial charge in [0.1, 0.15) is 0 Å². The van der Waals surface area contributed by atoms with E-state index in [-0.39, 0.29) is 17.9 Å². The predicted octanol–water partition coefficient (Wildman–Crippen LogP) is 2.81. The lowest BCUT2D eigenvalue weighted by Gasteiger charge is -2.27. The number of carboxylic acids is 1. The zero-order valence-corrected chi connectivity index (χ0v) is 13.4. The lowest BCUT2D eigenvalue weighted by Crippen LogP contribution is -2.38. The molecule has 0 spiro atoms. The summed E-state index contributed by atoms with van der Waals surface area (Å²) in [5, 5.41) is 8.98. The molecular formula is C16H13F4N3O3. The number of rotatable bonds is 4. The van der Waals surface area contributed by atoms with Crippen LogP contribution in [0.1, 0.15) is 29.9 Å². The van der Waals surface area contributed by atoms with Crippen molar-refractivity contribution in [3.05, 3.63) is 59.4 Å². The van der Waals surface area contributed by atoms with Crippen molar-refractivity contribution in [2.75, 3.05) is 0 Å². The van der Waals surface area contributed by atoms with Crippen molar-refractivity contribution in [2.24, 2.45) is 0 Å². The molecule has 138 valence electrons. The number of aromatic nitrogens is 2. The van der Waals surface area contributed by atoms with Crippen molar-refractivity contribution in [3.8, 4) is 0 Å². The first-order valence-electron chi connectivity index (χ1n) is 7.28. The van der Waals surface area contributed by atoms with Gasteiger partial charge in [0.2, 0.25) is 5.95 Å². The monoisotopic (exact) mass is 371 g/mol. The molecule has 0 saturated heterocycles. The SMILES string of the molecule is CC(c1cccc(F)n1)N(Cc1ccc(C(F)(F)F)cn1)C(=O)C(=O)O. The summed E-state index contributed by atoms with van der Waals surface area (Å²) in [5.41, 5.74) is -0.848. The van der Waals surface area contributed by atoms with E-state index in [4.69, 9.17) is 5.11 Å². The summed E-state index contributed by atoms with van der Waals surface area (Å²) in [6, 6.07) is 4.69. The molecule has 10 heteroatoms. The molecule has 0 saturated carbocycles. The van der Waals surface area contributed by atoms with E-state index in [0.717, 1.165) is 23.1 Å². The number of carboxylic acid groups (broad SMARTS) is 1. The summed E-state index contributed by atoms with van der Waals surface area (Å²) >= 11 is 0. The number of hydrogen-bond donors (Lipinski definition) is 1. The van der Waals surface area contributed by atoms with Gasteiger partial charge in [0.15, 0.2) is 0 Å². The molecule has 0 fully saturated rings. The van der Waals surface area contributed by atoms with Crippen LogP contribution in [-0.4, -0.2) is 31.9 Å². The van der Waals surface area contributed by atoms with Gasteiger partial charge < -0.3 is 10.0 Å². The first kappa shape index (κ1) is 19.3. The van der Waals surface area contributed by atoms with Crippen molar-refractivity contribution >= 4 is 11.9 Å². The minimum atomic E-state index is -4.57. The number of carbonyl (C=O) groups excluding carboxylic acids is 1. The fraction of sp³-hybridized carbons (Fsp3) is 0.250. The summed E-state index contributed by atoms with van der Waals surface area (Å²) in [5.74, 6) is -3.89. The molecule has 26 heavy (non-hydrogen) atoms. The normalized spacial score (nSPS) is 12.5. The minimum absolute atomic E-state index is 0.0378. The van der Waals surface area contributed by atoms with Crippen LogP contribution in [0.5, 0.6) is 0 Å². The molecule has 0 aliphatic rings. The van der Waals surface area contributed by atoms with Crippen molar-refractivity contribution in [1.29, 1.82) is 0 Å². The molecule has 2 aromatic rings. The molecule has 1 amide bonds. The fourth-order valence-electron chi connectivity index (χ4n) is 2.18. The van der Waals surface area contributed by atoms with Crippen LogP contribution in [0, 0.1) is 5.95 Å². The van der Waals surface area contributed by atoms with E-state index < -0.39 is 35.6 Å². The van der Waals surface area contributed by atoms with E-state index >= 15 is 0 Å². The summed E-state index contributed by atoms with van der Waals surface area (Å²) in [6.45, 7) is 1.04. The topological polar surface area (TPSA) is 83.4 Å². The van der Waals surface area contributed by atoms with E-state index in [2.05, 4.69) is 9.97 Å². The molecule has 1 unspecified atom stereocenters. The van der Waals surface area contributed by atoms with E-state index in [9.17, 15) is 27.2 Å². The van der Waals surface area contributed by atoms with Crippen molar-refractivity contribution in [3.63, 3.8) is 0 Å². The number of alkyl halides is 3. The average molecular weight is 371 g/mol. The highest BCUT2D eigenvalue weighted by molar-refractivity contribution is 6.31. The van der Waals surface area contributed by atoms with Gasteiger partial charge in [0, 0.05) is 6.20 Å². The van der Waals surface area contributed by atoms with Gasteiger partial charge in [-0.1, -0.05) is 6.07 Å². The largest absolute Gasteiger partial charge is 0.474 e. The van der Waals surface area contributed by atoms with Crippen LogP contribution >= 0.6 is 0 Å². The summed E-state index contributed by atoms with van der Waals surface area (Å²) < 4.78 is 51.0. The molecule has 0 bridgehead atoms. The highest BCUT2D eigenvalue weighted by Gasteiger charge is 2.31. The molecule has 6 nitrogen and oxygen atoms in total. The average Bonchev–Trinajstić information content (AvgIpc) is 2.58. The quantitative estimate of drug-likeness (QED) is 0.508. The van der Waals surface area contributed by atoms with Crippen LogP contribution in [0.15, 0.2) is 36.5 Å². The Balaban J connectivity index is 2.31. The van der Waals surface area contributed by atoms with Gasteiger partial charge in [-0.05, 0) is 31.2 Å². The molecule has 2 aromatic heterocycles. The highest BCUT2D eigenvalue weighted by atomic mass is 19.4. The van der Waals surface area contributed by atoms with E-state index in [1.54, 1.807) is 0 Å². The number of pyridine rings is 2. The number of nitrogens with zero attached hydrogens (tertiary/aromatic N) is 3. The smallest absolute Gasteiger partial charge is 0.417 e. The maximum atomic E-state index is 13.3. The Morgan fingerprint density at radius 2 is 1.92 bits per heavy atom. The second-order valence-electron chi connectivity index (χ2n) is 5.34. The molecule has 0 aliphatic heterocycles. The van der Waals surface area contributed by atoms with Crippen molar-refractivity contribution in [2.45, 2.75) is 25.7 Å². The maximum absolute atomic E-state index is 13.3. The van der Waals surface area contributed by atoms with Crippen LogP contribution < -0.4 is 0 Å². The van der Waals surface area contributed by atoms with Gasteiger partial charge in [0.25, 0.3) is 0 Å². The first-order valence-corrected chi connectivity index (χ1v) is 7.28. The summed E-state index contributed by atoms with van der Waals surface area (Å²) in [6.07, 6.45) is -3.98.